The van der Waals surface area contributed by atoms with Crippen LogP contribution in [0.5, 0.6) is 0 Å². The molecule has 0 unspecified atom stereocenters. The van der Waals surface area contributed by atoms with E-state index in [1.165, 1.54) is 25.9 Å². The minimum absolute atomic E-state index is 0.124. The summed E-state index contributed by atoms with van der Waals surface area (Å²) in [6.45, 7) is 3.29. The third-order valence-electron chi connectivity index (χ3n) is 4.67. The highest BCUT2D eigenvalue weighted by molar-refractivity contribution is 6.31. The number of fused-ring (bicyclic) bond motifs is 4. The topological polar surface area (TPSA) is 45.5 Å². The zero-order valence-corrected chi connectivity index (χ0v) is 12.4. The fourth-order valence-electron chi connectivity index (χ4n) is 3.49. The zero-order chi connectivity index (χ0) is 14.4. The Morgan fingerprint density at radius 2 is 2.10 bits per heavy atom. The molecule has 21 heavy (non-hydrogen) atoms. The van der Waals surface area contributed by atoms with Gasteiger partial charge in [-0.05, 0) is 56.1 Å². The summed E-state index contributed by atoms with van der Waals surface area (Å²) in [5.74, 6) is 0.850. The summed E-state index contributed by atoms with van der Waals surface area (Å²) in [5, 5.41) is 4.64. The van der Waals surface area contributed by atoms with Crippen molar-refractivity contribution in [1.29, 1.82) is 0 Å². The first-order valence-electron chi connectivity index (χ1n) is 7.41. The van der Waals surface area contributed by atoms with Gasteiger partial charge in [0.05, 0.1) is 0 Å². The Bertz CT molecular complexity index is 689. The fourth-order valence-corrected chi connectivity index (χ4v) is 3.67. The van der Waals surface area contributed by atoms with Gasteiger partial charge in [0, 0.05) is 23.0 Å². The molecule has 1 amide bonds. The maximum Gasteiger partial charge on any atom is 0.287 e. The van der Waals surface area contributed by atoms with Gasteiger partial charge in [0.25, 0.3) is 5.91 Å². The van der Waals surface area contributed by atoms with Crippen LogP contribution in [-0.4, -0.2) is 36.5 Å². The van der Waals surface area contributed by atoms with Gasteiger partial charge in [-0.15, -0.1) is 0 Å². The van der Waals surface area contributed by atoms with Gasteiger partial charge >= 0.3 is 0 Å². The summed E-state index contributed by atoms with van der Waals surface area (Å²) in [6.07, 6.45) is 2.36. The molecular weight excluding hydrogens is 288 g/mol. The molecule has 1 aromatic carbocycles. The lowest BCUT2D eigenvalue weighted by molar-refractivity contribution is 0.0607. The first-order valence-corrected chi connectivity index (χ1v) is 7.79. The molecule has 3 saturated heterocycles. The van der Waals surface area contributed by atoms with E-state index in [-0.39, 0.29) is 11.9 Å². The van der Waals surface area contributed by atoms with E-state index in [9.17, 15) is 4.79 Å². The Morgan fingerprint density at radius 1 is 1.29 bits per heavy atom. The molecule has 5 heteroatoms. The molecule has 0 spiro atoms. The highest BCUT2D eigenvalue weighted by Crippen LogP contribution is 2.28. The standard InChI is InChI=1S/C16H17ClN2O2/c17-12-1-2-14-11(7-12)8-15(21-14)16(20)18-13-9-19-5-3-10(13)4-6-19/h1-2,7-8,10,13H,3-6,9H2,(H,18,20)/t13-/m1/s1. The molecule has 0 aliphatic carbocycles. The van der Waals surface area contributed by atoms with Gasteiger partial charge in [-0.1, -0.05) is 11.6 Å². The van der Waals surface area contributed by atoms with E-state index in [0.29, 0.717) is 22.3 Å². The normalized spacial score (nSPS) is 28.0. The van der Waals surface area contributed by atoms with Crippen LogP contribution >= 0.6 is 11.6 Å². The number of piperidine rings is 3. The molecule has 5 rings (SSSR count). The summed E-state index contributed by atoms with van der Waals surface area (Å²) in [6, 6.07) is 7.38. The predicted octanol–water partition coefficient (Wildman–Crippen LogP) is 2.91. The lowest BCUT2D eigenvalue weighted by Crippen LogP contribution is -2.57. The maximum absolute atomic E-state index is 12.4. The van der Waals surface area contributed by atoms with E-state index < -0.39 is 0 Å². The fraction of sp³-hybridized carbons (Fsp3) is 0.438. The van der Waals surface area contributed by atoms with Crippen molar-refractivity contribution in [2.24, 2.45) is 5.92 Å². The van der Waals surface area contributed by atoms with Gasteiger partial charge in [-0.25, -0.2) is 0 Å². The number of nitrogens with zero attached hydrogens (tertiary/aromatic N) is 1. The first kappa shape index (κ1) is 13.2. The Kier molecular flexibility index (Phi) is 3.16. The largest absolute Gasteiger partial charge is 0.451 e. The maximum atomic E-state index is 12.4. The average molecular weight is 305 g/mol. The van der Waals surface area contributed by atoms with E-state index in [1.54, 1.807) is 18.2 Å². The summed E-state index contributed by atoms with van der Waals surface area (Å²) < 4.78 is 5.62. The first-order chi connectivity index (χ1) is 10.2. The van der Waals surface area contributed by atoms with E-state index >= 15 is 0 Å². The number of furan rings is 1. The van der Waals surface area contributed by atoms with Crippen LogP contribution in [0.25, 0.3) is 11.0 Å². The van der Waals surface area contributed by atoms with E-state index in [1.807, 2.05) is 6.07 Å². The number of amides is 1. The number of carbonyl (C=O) groups is 1. The van der Waals surface area contributed by atoms with Gasteiger partial charge in [-0.2, -0.15) is 0 Å². The molecule has 3 aliphatic heterocycles. The number of halogens is 1. The molecule has 0 radical (unpaired) electrons. The molecule has 2 bridgehead atoms. The summed E-state index contributed by atoms with van der Waals surface area (Å²) in [4.78, 5) is 14.8. The van der Waals surface area contributed by atoms with E-state index in [2.05, 4.69) is 10.2 Å². The minimum atomic E-state index is -0.124. The van der Waals surface area contributed by atoms with Gasteiger partial charge in [0.1, 0.15) is 5.58 Å². The monoisotopic (exact) mass is 304 g/mol. The van der Waals surface area contributed by atoms with Gasteiger partial charge in [0.15, 0.2) is 5.76 Å². The smallest absolute Gasteiger partial charge is 0.287 e. The number of rotatable bonds is 2. The molecule has 4 nitrogen and oxygen atoms in total. The number of hydrogen-bond donors (Lipinski definition) is 1. The van der Waals surface area contributed by atoms with Crippen LogP contribution in [0.15, 0.2) is 28.7 Å². The van der Waals surface area contributed by atoms with Crippen LogP contribution in [0.3, 0.4) is 0 Å². The van der Waals surface area contributed by atoms with Crippen molar-refractivity contribution in [2.75, 3.05) is 19.6 Å². The second kappa shape index (κ2) is 5.04. The molecule has 2 aromatic rings. The number of carbonyl (C=O) groups excluding carboxylic acids is 1. The van der Waals surface area contributed by atoms with Crippen molar-refractivity contribution in [2.45, 2.75) is 18.9 Å². The van der Waals surface area contributed by atoms with Crippen LogP contribution in [0, 0.1) is 5.92 Å². The van der Waals surface area contributed by atoms with Crippen LogP contribution in [0.2, 0.25) is 5.02 Å². The van der Waals surface area contributed by atoms with Crippen LogP contribution in [0.1, 0.15) is 23.4 Å². The van der Waals surface area contributed by atoms with Gasteiger partial charge in [0.2, 0.25) is 0 Å². The average Bonchev–Trinajstić information content (AvgIpc) is 2.91. The minimum Gasteiger partial charge on any atom is -0.451 e. The van der Waals surface area contributed by atoms with E-state index in [0.717, 1.165) is 11.9 Å². The summed E-state index contributed by atoms with van der Waals surface area (Å²) in [7, 11) is 0. The quantitative estimate of drug-likeness (QED) is 0.928. The highest BCUT2D eigenvalue weighted by atomic mass is 35.5. The molecular formula is C16H17ClN2O2. The van der Waals surface area contributed by atoms with Crippen molar-refractivity contribution < 1.29 is 9.21 Å². The van der Waals surface area contributed by atoms with Crippen molar-refractivity contribution in [3.63, 3.8) is 0 Å². The number of nitrogens with one attached hydrogen (secondary N) is 1. The van der Waals surface area contributed by atoms with Crippen molar-refractivity contribution >= 4 is 28.5 Å². The van der Waals surface area contributed by atoms with Crippen LogP contribution in [0.4, 0.5) is 0 Å². The van der Waals surface area contributed by atoms with Crippen molar-refractivity contribution in [1.82, 2.24) is 10.2 Å². The third-order valence-corrected chi connectivity index (χ3v) is 4.91. The number of benzene rings is 1. The Balaban J connectivity index is 1.53. The SMILES string of the molecule is O=C(N[C@@H]1CN2CCC1CC2)c1cc2cc(Cl)ccc2o1. The van der Waals surface area contributed by atoms with Crippen LogP contribution in [-0.2, 0) is 0 Å². The molecule has 110 valence electrons. The van der Waals surface area contributed by atoms with Crippen molar-refractivity contribution in [3.05, 3.63) is 35.0 Å². The molecule has 4 heterocycles. The zero-order valence-electron chi connectivity index (χ0n) is 11.6. The molecule has 1 N–H and O–H groups in total. The lowest BCUT2D eigenvalue weighted by atomic mass is 9.84. The summed E-state index contributed by atoms with van der Waals surface area (Å²) in [5.41, 5.74) is 0.693. The number of hydrogen-bond acceptors (Lipinski definition) is 3. The summed E-state index contributed by atoms with van der Waals surface area (Å²) >= 11 is 5.96. The van der Waals surface area contributed by atoms with Gasteiger partial charge < -0.3 is 14.6 Å². The molecule has 3 fully saturated rings. The Hall–Kier alpha value is -1.52. The second-order valence-electron chi connectivity index (χ2n) is 6.01. The molecule has 0 saturated carbocycles. The molecule has 3 aliphatic rings. The van der Waals surface area contributed by atoms with E-state index in [4.69, 9.17) is 16.0 Å². The Morgan fingerprint density at radius 3 is 2.81 bits per heavy atom. The second-order valence-corrected chi connectivity index (χ2v) is 6.45. The third kappa shape index (κ3) is 2.43. The predicted molar refractivity (Wildman–Crippen MR) is 81.6 cm³/mol. The lowest BCUT2D eigenvalue weighted by Gasteiger charge is -2.44. The highest BCUT2D eigenvalue weighted by Gasteiger charge is 2.35. The van der Waals surface area contributed by atoms with Gasteiger partial charge in [-0.3, -0.25) is 4.79 Å². The molecule has 1 atom stereocenters. The van der Waals surface area contributed by atoms with Crippen molar-refractivity contribution in [3.8, 4) is 0 Å². The Labute approximate surface area is 128 Å². The molecule has 1 aromatic heterocycles. The van der Waals surface area contributed by atoms with Crippen LogP contribution < -0.4 is 5.32 Å².